The van der Waals surface area contributed by atoms with Gasteiger partial charge in [-0.2, -0.15) is 4.98 Å². The van der Waals surface area contributed by atoms with Gasteiger partial charge in [-0.1, -0.05) is 30.3 Å². The third kappa shape index (κ3) is 2.10. The van der Waals surface area contributed by atoms with Crippen molar-refractivity contribution in [1.29, 1.82) is 0 Å². The van der Waals surface area contributed by atoms with Crippen LogP contribution in [0.1, 0.15) is 23.3 Å². The molecule has 2 heterocycles. The molecule has 0 unspecified atom stereocenters. The maximum atomic E-state index is 5.57. The first-order valence-corrected chi connectivity index (χ1v) is 8.10. The highest BCUT2D eigenvalue weighted by molar-refractivity contribution is 7.18. The fraction of sp³-hybridized carbons (Fsp3) is 0.294. The summed E-state index contributed by atoms with van der Waals surface area (Å²) in [5.74, 6) is 1.47. The smallest absolute Gasteiger partial charge is 0.225 e. The van der Waals surface area contributed by atoms with Crippen molar-refractivity contribution in [1.82, 2.24) is 9.97 Å². The van der Waals surface area contributed by atoms with Gasteiger partial charge in [-0.25, -0.2) is 4.98 Å². The maximum absolute atomic E-state index is 5.57. The molecule has 4 rings (SSSR count). The Balaban J connectivity index is 1.96. The largest absolute Gasteiger partial charge is 0.480 e. The van der Waals surface area contributed by atoms with E-state index in [1.807, 2.05) is 30.3 Å². The second-order valence-corrected chi connectivity index (χ2v) is 6.40. The molecular weight excluding hydrogens is 280 g/mol. The molecule has 0 atom stereocenters. The van der Waals surface area contributed by atoms with Crippen LogP contribution in [0.25, 0.3) is 21.6 Å². The molecule has 3 nitrogen and oxygen atoms in total. The molecular formula is C17H16N2OS. The highest BCUT2D eigenvalue weighted by Gasteiger charge is 2.21. The van der Waals surface area contributed by atoms with Crippen molar-refractivity contribution in [2.75, 3.05) is 7.11 Å². The van der Waals surface area contributed by atoms with Crippen molar-refractivity contribution >= 4 is 21.6 Å². The summed E-state index contributed by atoms with van der Waals surface area (Å²) in [6.07, 6.45) is 4.82. The fourth-order valence-corrected chi connectivity index (χ4v) is 4.24. The van der Waals surface area contributed by atoms with E-state index in [2.05, 4.69) is 4.98 Å². The van der Waals surface area contributed by atoms with Gasteiger partial charge in [-0.05, 0) is 31.2 Å². The topological polar surface area (TPSA) is 35.0 Å². The Morgan fingerprint density at radius 3 is 2.67 bits per heavy atom. The lowest BCUT2D eigenvalue weighted by Gasteiger charge is -2.11. The van der Waals surface area contributed by atoms with E-state index < -0.39 is 0 Å². The third-order valence-corrected chi connectivity index (χ3v) is 5.19. The summed E-state index contributed by atoms with van der Waals surface area (Å²) in [6, 6.07) is 10.1. The number of aromatic nitrogens is 2. The van der Waals surface area contributed by atoms with Gasteiger partial charge in [0.2, 0.25) is 5.88 Å². The average Bonchev–Trinajstić information content (AvgIpc) is 2.93. The first kappa shape index (κ1) is 12.8. The Kier molecular flexibility index (Phi) is 3.11. The van der Waals surface area contributed by atoms with E-state index in [-0.39, 0.29) is 0 Å². The lowest BCUT2D eigenvalue weighted by Crippen LogP contribution is -2.00. The van der Waals surface area contributed by atoms with Gasteiger partial charge in [-0.3, -0.25) is 0 Å². The van der Waals surface area contributed by atoms with Crippen molar-refractivity contribution in [3.8, 4) is 17.3 Å². The molecule has 1 aromatic carbocycles. The zero-order valence-electron chi connectivity index (χ0n) is 11.9. The monoisotopic (exact) mass is 296 g/mol. The Morgan fingerprint density at radius 1 is 1.05 bits per heavy atom. The van der Waals surface area contributed by atoms with E-state index in [1.54, 1.807) is 18.4 Å². The third-order valence-electron chi connectivity index (χ3n) is 4.01. The van der Waals surface area contributed by atoms with E-state index in [1.165, 1.54) is 29.7 Å². The molecule has 2 aromatic heterocycles. The van der Waals surface area contributed by atoms with Gasteiger partial charge in [0.1, 0.15) is 4.83 Å². The Hall–Kier alpha value is -1.94. The van der Waals surface area contributed by atoms with Crippen LogP contribution in [0.5, 0.6) is 5.88 Å². The number of fused-ring (bicyclic) bond motifs is 3. The van der Waals surface area contributed by atoms with Crippen LogP contribution in [0.4, 0.5) is 0 Å². The zero-order chi connectivity index (χ0) is 14.2. The number of hydrogen-bond donors (Lipinski definition) is 0. The van der Waals surface area contributed by atoms with E-state index in [0.29, 0.717) is 0 Å². The summed E-state index contributed by atoms with van der Waals surface area (Å²) in [5.41, 5.74) is 2.45. The summed E-state index contributed by atoms with van der Waals surface area (Å²) < 4.78 is 5.57. The van der Waals surface area contributed by atoms with Crippen LogP contribution in [0, 0.1) is 0 Å². The predicted molar refractivity (Wildman–Crippen MR) is 86.0 cm³/mol. The molecule has 0 saturated heterocycles. The number of aryl methyl sites for hydroxylation is 2. The van der Waals surface area contributed by atoms with Crippen LogP contribution in [0.3, 0.4) is 0 Å². The highest BCUT2D eigenvalue weighted by Crippen LogP contribution is 2.40. The lowest BCUT2D eigenvalue weighted by molar-refractivity contribution is 0.403. The summed E-state index contributed by atoms with van der Waals surface area (Å²) >= 11 is 1.81. The fourth-order valence-electron chi connectivity index (χ4n) is 2.99. The van der Waals surface area contributed by atoms with Crippen molar-refractivity contribution in [3.05, 3.63) is 40.8 Å². The average molecular weight is 296 g/mol. The quantitative estimate of drug-likeness (QED) is 0.709. The van der Waals surface area contributed by atoms with Gasteiger partial charge >= 0.3 is 0 Å². The first-order chi connectivity index (χ1) is 10.4. The van der Waals surface area contributed by atoms with Gasteiger partial charge in [0.15, 0.2) is 5.82 Å². The van der Waals surface area contributed by atoms with Gasteiger partial charge in [0.25, 0.3) is 0 Å². The van der Waals surface area contributed by atoms with Crippen molar-refractivity contribution < 1.29 is 4.74 Å². The van der Waals surface area contributed by atoms with Crippen LogP contribution >= 0.6 is 11.3 Å². The molecule has 106 valence electrons. The van der Waals surface area contributed by atoms with Gasteiger partial charge < -0.3 is 4.74 Å². The highest BCUT2D eigenvalue weighted by atomic mass is 32.1. The molecule has 3 aromatic rings. The Bertz CT molecular complexity index is 795. The van der Waals surface area contributed by atoms with Gasteiger partial charge in [-0.15, -0.1) is 11.3 Å². The standard InChI is InChI=1S/C17H16N2OS/c1-20-16-14-12-9-5-6-10-13(12)21-17(14)19-15(18-16)11-7-3-2-4-8-11/h2-4,7-8H,5-6,9-10H2,1H3. The summed E-state index contributed by atoms with van der Waals surface area (Å²) in [5, 5.41) is 1.14. The molecule has 0 radical (unpaired) electrons. The number of rotatable bonds is 2. The summed E-state index contributed by atoms with van der Waals surface area (Å²) in [7, 11) is 1.70. The normalized spacial score (nSPS) is 14.1. The van der Waals surface area contributed by atoms with Gasteiger partial charge in [0.05, 0.1) is 12.5 Å². The minimum atomic E-state index is 0.721. The van der Waals surface area contributed by atoms with E-state index in [0.717, 1.165) is 33.9 Å². The number of thiophene rings is 1. The maximum Gasteiger partial charge on any atom is 0.225 e. The van der Waals surface area contributed by atoms with E-state index >= 15 is 0 Å². The minimum Gasteiger partial charge on any atom is -0.480 e. The van der Waals surface area contributed by atoms with Crippen LogP contribution in [-0.2, 0) is 12.8 Å². The number of methoxy groups -OCH3 is 1. The molecule has 1 aliphatic carbocycles. The summed E-state index contributed by atoms with van der Waals surface area (Å²) in [6.45, 7) is 0. The van der Waals surface area contributed by atoms with E-state index in [9.17, 15) is 0 Å². The molecule has 0 amide bonds. The van der Waals surface area contributed by atoms with Gasteiger partial charge in [0, 0.05) is 10.4 Å². The molecule has 1 aliphatic rings. The van der Waals surface area contributed by atoms with Crippen LogP contribution in [0.15, 0.2) is 30.3 Å². The zero-order valence-corrected chi connectivity index (χ0v) is 12.7. The minimum absolute atomic E-state index is 0.721. The lowest BCUT2D eigenvalue weighted by atomic mass is 9.97. The van der Waals surface area contributed by atoms with Crippen LogP contribution in [-0.4, -0.2) is 17.1 Å². The summed E-state index contributed by atoms with van der Waals surface area (Å²) in [4.78, 5) is 12.0. The number of hydrogen-bond acceptors (Lipinski definition) is 4. The van der Waals surface area contributed by atoms with Crippen molar-refractivity contribution in [2.45, 2.75) is 25.7 Å². The molecule has 0 N–H and O–H groups in total. The molecule has 0 bridgehead atoms. The molecule has 0 spiro atoms. The predicted octanol–water partition coefficient (Wildman–Crippen LogP) is 4.25. The molecule has 21 heavy (non-hydrogen) atoms. The second kappa shape index (κ2) is 5.11. The van der Waals surface area contributed by atoms with Crippen molar-refractivity contribution in [3.63, 3.8) is 0 Å². The molecule has 0 aliphatic heterocycles. The second-order valence-electron chi connectivity index (χ2n) is 5.31. The van der Waals surface area contributed by atoms with Crippen molar-refractivity contribution in [2.24, 2.45) is 0 Å². The number of nitrogens with zero attached hydrogens (tertiary/aromatic N) is 2. The molecule has 4 heteroatoms. The Morgan fingerprint density at radius 2 is 1.86 bits per heavy atom. The number of ether oxygens (including phenoxy) is 1. The molecule has 0 fully saturated rings. The van der Waals surface area contributed by atoms with Crippen LogP contribution < -0.4 is 4.74 Å². The SMILES string of the molecule is COc1nc(-c2ccccc2)nc2sc3c(c12)CCCC3. The van der Waals surface area contributed by atoms with Crippen LogP contribution in [0.2, 0.25) is 0 Å². The first-order valence-electron chi connectivity index (χ1n) is 7.28. The van der Waals surface area contributed by atoms with E-state index in [4.69, 9.17) is 9.72 Å². The number of benzene rings is 1. The molecule has 0 saturated carbocycles. The Labute approximate surface area is 127 Å².